The Morgan fingerprint density at radius 1 is 1.16 bits per heavy atom. The molecule has 3 heterocycles. The molecule has 162 valence electrons. The van der Waals surface area contributed by atoms with Gasteiger partial charge in [0.15, 0.2) is 17.0 Å². The molecule has 0 aliphatic carbocycles. The minimum atomic E-state index is -0.0206. The molecule has 1 fully saturated rings. The number of urea groups is 1. The van der Waals surface area contributed by atoms with Gasteiger partial charge in [0.05, 0.1) is 12.9 Å². The van der Waals surface area contributed by atoms with Gasteiger partial charge in [-0.05, 0) is 12.5 Å². The lowest BCUT2D eigenvalue weighted by atomic mass is 10.2. The molecule has 2 amide bonds. The molecule has 9 nitrogen and oxygen atoms in total. The highest BCUT2D eigenvalue weighted by atomic mass is 16.2. The zero-order chi connectivity index (χ0) is 21.6. The van der Waals surface area contributed by atoms with Gasteiger partial charge in [0.1, 0.15) is 0 Å². The second-order valence-electron chi connectivity index (χ2n) is 7.38. The second-order valence-corrected chi connectivity index (χ2v) is 7.38. The molecule has 31 heavy (non-hydrogen) atoms. The van der Waals surface area contributed by atoms with E-state index in [1.165, 1.54) is 5.56 Å². The topological polar surface area (TPSA) is 91.2 Å². The summed E-state index contributed by atoms with van der Waals surface area (Å²) in [6, 6.07) is 10.2. The number of benzene rings is 1. The highest BCUT2D eigenvalue weighted by Gasteiger charge is 2.24. The smallest absolute Gasteiger partial charge is 0.317 e. The summed E-state index contributed by atoms with van der Waals surface area (Å²) in [6.45, 7) is 10.2. The maximum atomic E-state index is 12.1. The van der Waals surface area contributed by atoms with Crippen molar-refractivity contribution in [3.63, 3.8) is 0 Å². The average molecular weight is 421 g/mol. The molecular weight excluding hydrogens is 392 g/mol. The summed E-state index contributed by atoms with van der Waals surface area (Å²) in [5, 5.41) is 6.15. The number of hydrogen-bond donors (Lipinski definition) is 2. The van der Waals surface area contributed by atoms with Crippen molar-refractivity contribution in [2.75, 3.05) is 49.5 Å². The Balaban J connectivity index is 1.61. The largest absolute Gasteiger partial charge is 0.365 e. The molecule has 1 saturated heterocycles. The third-order valence-electron chi connectivity index (χ3n) is 5.24. The van der Waals surface area contributed by atoms with Crippen LogP contribution in [0.3, 0.4) is 0 Å². The number of nitrogens with zero attached hydrogens (tertiary/aromatic N) is 6. The summed E-state index contributed by atoms with van der Waals surface area (Å²) in [5.74, 6) is 1.34. The van der Waals surface area contributed by atoms with Crippen LogP contribution in [0.25, 0.3) is 11.2 Å². The molecule has 4 rings (SSSR count). The van der Waals surface area contributed by atoms with E-state index in [0.717, 1.165) is 11.2 Å². The highest BCUT2D eigenvalue weighted by molar-refractivity contribution is 5.84. The summed E-state index contributed by atoms with van der Waals surface area (Å²) in [6.07, 6.45) is 3.60. The molecule has 0 unspecified atom stereocenters. The summed E-state index contributed by atoms with van der Waals surface area (Å²) >= 11 is 0. The van der Waals surface area contributed by atoms with Crippen molar-refractivity contribution in [3.05, 3.63) is 54.9 Å². The summed E-state index contributed by atoms with van der Waals surface area (Å²) < 4.78 is 2.04. The third-order valence-corrected chi connectivity index (χ3v) is 5.24. The van der Waals surface area contributed by atoms with Crippen molar-refractivity contribution in [1.82, 2.24) is 29.7 Å². The van der Waals surface area contributed by atoms with Crippen LogP contribution < -0.4 is 15.5 Å². The van der Waals surface area contributed by atoms with Crippen LogP contribution in [0.5, 0.6) is 0 Å². The van der Waals surface area contributed by atoms with Gasteiger partial charge >= 0.3 is 6.03 Å². The van der Waals surface area contributed by atoms with Crippen LogP contribution in [0.4, 0.5) is 16.6 Å². The number of fused-ring (bicyclic) bond motifs is 1. The van der Waals surface area contributed by atoms with E-state index in [4.69, 9.17) is 9.97 Å². The van der Waals surface area contributed by atoms with Gasteiger partial charge in [-0.2, -0.15) is 9.97 Å². The van der Waals surface area contributed by atoms with Crippen LogP contribution in [-0.2, 0) is 6.54 Å². The maximum absolute atomic E-state index is 12.1. The van der Waals surface area contributed by atoms with Crippen molar-refractivity contribution in [2.45, 2.75) is 13.5 Å². The molecule has 0 bridgehead atoms. The molecule has 1 aliphatic heterocycles. The van der Waals surface area contributed by atoms with E-state index in [1.54, 1.807) is 6.08 Å². The van der Waals surface area contributed by atoms with E-state index in [9.17, 15) is 4.79 Å². The van der Waals surface area contributed by atoms with Crippen LogP contribution in [0.2, 0.25) is 0 Å². The van der Waals surface area contributed by atoms with E-state index in [1.807, 2.05) is 40.9 Å². The molecule has 0 spiro atoms. The number of amides is 2. The van der Waals surface area contributed by atoms with Gasteiger partial charge in [-0.1, -0.05) is 36.4 Å². The zero-order valence-corrected chi connectivity index (χ0v) is 17.8. The lowest BCUT2D eigenvalue weighted by Crippen LogP contribution is -2.52. The Hall–Kier alpha value is -3.62. The normalized spacial score (nSPS) is 14.0. The van der Waals surface area contributed by atoms with Gasteiger partial charge in [0, 0.05) is 39.3 Å². The summed E-state index contributed by atoms with van der Waals surface area (Å²) in [5.41, 5.74) is 2.70. The monoisotopic (exact) mass is 420 g/mol. The molecule has 2 aromatic heterocycles. The van der Waals surface area contributed by atoms with Crippen LogP contribution in [-0.4, -0.2) is 69.7 Å². The second kappa shape index (κ2) is 9.46. The summed E-state index contributed by atoms with van der Waals surface area (Å²) in [7, 11) is 0. The summed E-state index contributed by atoms with van der Waals surface area (Å²) in [4.78, 5) is 30.2. The molecule has 0 radical (unpaired) electrons. The maximum Gasteiger partial charge on any atom is 0.317 e. The average Bonchev–Trinajstić information content (AvgIpc) is 3.21. The number of piperazine rings is 1. The minimum Gasteiger partial charge on any atom is -0.365 e. The standard InChI is InChI=1S/C22H28N8O/c1-3-10-24-19-18-20(30(16-25-18)15-17-8-6-5-7-9-17)27-21(26-19)28-11-13-29(14-12-28)22(31)23-4-2/h3,5-9,16H,1,4,10-15H2,2H3,(H,23,31)(H,24,26,27). The molecule has 2 N–H and O–H groups in total. The van der Waals surface area contributed by atoms with Gasteiger partial charge in [-0.25, -0.2) is 9.78 Å². The highest BCUT2D eigenvalue weighted by Crippen LogP contribution is 2.24. The van der Waals surface area contributed by atoms with Crippen LogP contribution in [0.15, 0.2) is 49.3 Å². The Kier molecular flexibility index (Phi) is 6.30. The van der Waals surface area contributed by atoms with Crippen molar-refractivity contribution < 1.29 is 4.79 Å². The van der Waals surface area contributed by atoms with Gasteiger partial charge in [0.25, 0.3) is 0 Å². The number of imidazole rings is 1. The van der Waals surface area contributed by atoms with Crippen molar-refractivity contribution in [1.29, 1.82) is 0 Å². The number of carbonyl (C=O) groups excluding carboxylic acids is 1. The van der Waals surface area contributed by atoms with E-state index in [0.29, 0.717) is 57.6 Å². The van der Waals surface area contributed by atoms with Crippen molar-refractivity contribution in [3.8, 4) is 0 Å². The fraction of sp³-hybridized carbons (Fsp3) is 0.364. The fourth-order valence-electron chi connectivity index (χ4n) is 3.63. The van der Waals surface area contributed by atoms with Crippen LogP contribution >= 0.6 is 0 Å². The van der Waals surface area contributed by atoms with Crippen LogP contribution in [0, 0.1) is 0 Å². The first kappa shape index (κ1) is 20.6. The SMILES string of the molecule is C=CCNc1nc(N2CCN(C(=O)NCC)CC2)nc2c1ncn2Cc1ccccc1. The Bertz CT molecular complexity index is 1040. The Labute approximate surface area is 181 Å². The number of rotatable bonds is 7. The fourth-order valence-corrected chi connectivity index (χ4v) is 3.63. The first-order valence-electron chi connectivity index (χ1n) is 10.6. The minimum absolute atomic E-state index is 0.0206. The van der Waals surface area contributed by atoms with E-state index in [2.05, 4.69) is 39.2 Å². The van der Waals surface area contributed by atoms with E-state index in [-0.39, 0.29) is 6.03 Å². The lowest BCUT2D eigenvalue weighted by Gasteiger charge is -2.34. The zero-order valence-electron chi connectivity index (χ0n) is 17.8. The van der Waals surface area contributed by atoms with Crippen molar-refractivity contribution in [2.24, 2.45) is 0 Å². The van der Waals surface area contributed by atoms with Crippen LogP contribution in [0.1, 0.15) is 12.5 Å². The molecule has 9 heteroatoms. The van der Waals surface area contributed by atoms with E-state index < -0.39 is 0 Å². The molecular formula is C22H28N8O. The number of hydrogen-bond acceptors (Lipinski definition) is 6. The third kappa shape index (κ3) is 4.60. The quantitative estimate of drug-likeness (QED) is 0.570. The Morgan fingerprint density at radius 3 is 2.65 bits per heavy atom. The predicted octanol–water partition coefficient (Wildman–Crippen LogP) is 2.32. The predicted molar refractivity (Wildman–Crippen MR) is 122 cm³/mol. The first-order valence-corrected chi connectivity index (χ1v) is 10.6. The number of carbonyl (C=O) groups is 1. The molecule has 1 aliphatic rings. The lowest BCUT2D eigenvalue weighted by molar-refractivity contribution is 0.194. The number of nitrogens with one attached hydrogen (secondary N) is 2. The van der Waals surface area contributed by atoms with E-state index >= 15 is 0 Å². The number of aromatic nitrogens is 4. The molecule has 1 aromatic carbocycles. The van der Waals surface area contributed by atoms with Crippen molar-refractivity contribution >= 4 is 29.0 Å². The molecule has 0 atom stereocenters. The van der Waals surface area contributed by atoms with Gasteiger partial charge in [0.2, 0.25) is 5.95 Å². The van der Waals surface area contributed by atoms with Gasteiger partial charge in [-0.3, -0.25) is 0 Å². The molecule has 0 saturated carbocycles. The first-order chi connectivity index (χ1) is 15.2. The van der Waals surface area contributed by atoms with Gasteiger partial charge in [-0.15, -0.1) is 6.58 Å². The van der Waals surface area contributed by atoms with Gasteiger partial charge < -0.3 is 25.0 Å². The number of anilines is 2. The Morgan fingerprint density at radius 2 is 1.94 bits per heavy atom. The molecule has 3 aromatic rings.